The third-order valence-corrected chi connectivity index (χ3v) is 6.93. The predicted octanol–water partition coefficient (Wildman–Crippen LogP) is 4.05. The van der Waals surface area contributed by atoms with Gasteiger partial charge in [-0.15, -0.1) is 0 Å². The van der Waals surface area contributed by atoms with E-state index in [0.717, 1.165) is 29.6 Å². The van der Waals surface area contributed by atoms with Gasteiger partial charge >= 0.3 is 0 Å². The van der Waals surface area contributed by atoms with E-state index in [9.17, 15) is 8.42 Å². The zero-order valence-electron chi connectivity index (χ0n) is 14.8. The van der Waals surface area contributed by atoms with Crippen LogP contribution in [0.3, 0.4) is 0 Å². The Morgan fingerprint density at radius 2 is 1.88 bits per heavy atom. The van der Waals surface area contributed by atoms with E-state index in [2.05, 4.69) is 22.9 Å². The van der Waals surface area contributed by atoms with Crippen LogP contribution in [0.15, 0.2) is 70.6 Å². The second-order valence-electron chi connectivity index (χ2n) is 6.94. The van der Waals surface area contributed by atoms with Crippen molar-refractivity contribution < 1.29 is 8.42 Å². The van der Waals surface area contributed by atoms with E-state index in [0.29, 0.717) is 10.9 Å². The smallest absolute Gasteiger partial charge is 0.208 e. The number of likely N-dealkylation sites (tertiary alicyclic amines) is 1. The normalized spacial score (nSPS) is 18.4. The van der Waals surface area contributed by atoms with E-state index in [1.807, 2.05) is 18.2 Å². The number of hydrogen-bond donors (Lipinski definition) is 0. The van der Waals surface area contributed by atoms with Crippen molar-refractivity contribution in [2.24, 2.45) is 0 Å². The lowest BCUT2D eigenvalue weighted by Gasteiger charge is -2.21. The van der Waals surface area contributed by atoms with Crippen molar-refractivity contribution in [3.8, 4) is 0 Å². The molecule has 1 aliphatic heterocycles. The molecule has 0 spiro atoms. The summed E-state index contributed by atoms with van der Waals surface area (Å²) in [6.07, 6.45) is 3.96. The predicted molar refractivity (Wildman–Crippen MR) is 103 cm³/mol. The summed E-state index contributed by atoms with van der Waals surface area (Å²) in [5, 5.41) is 0.867. The Hall–Kier alpha value is -2.24. The minimum Gasteiger partial charge on any atom is -0.296 e. The van der Waals surface area contributed by atoms with Crippen molar-refractivity contribution >= 4 is 20.7 Å². The van der Waals surface area contributed by atoms with Crippen LogP contribution in [0.5, 0.6) is 0 Å². The second-order valence-corrected chi connectivity index (χ2v) is 8.89. The molecule has 1 atom stereocenters. The third kappa shape index (κ3) is 3.13. The van der Waals surface area contributed by atoms with Gasteiger partial charge in [-0.05, 0) is 50.1 Å². The van der Waals surface area contributed by atoms with Crippen molar-refractivity contribution in [3.05, 3.63) is 66.4 Å². The van der Waals surface area contributed by atoms with Crippen molar-refractivity contribution in [3.63, 3.8) is 0 Å². The van der Waals surface area contributed by atoms with E-state index in [1.54, 1.807) is 30.3 Å². The van der Waals surface area contributed by atoms with Crippen molar-refractivity contribution in [2.45, 2.75) is 42.1 Å². The molecule has 0 N–H and O–H groups in total. The molecule has 2 heterocycles. The van der Waals surface area contributed by atoms with E-state index in [1.165, 1.54) is 19.0 Å². The number of nitrogens with zero attached hydrogens (tertiary/aromatic N) is 2. The Balaban J connectivity index is 1.73. The molecule has 1 unspecified atom stereocenters. The highest BCUT2D eigenvalue weighted by Crippen LogP contribution is 2.27. The Labute approximate surface area is 154 Å². The van der Waals surface area contributed by atoms with E-state index in [4.69, 9.17) is 0 Å². The lowest BCUT2D eigenvalue weighted by Crippen LogP contribution is -2.26. The van der Waals surface area contributed by atoms with Crippen LogP contribution >= 0.6 is 0 Å². The van der Waals surface area contributed by atoms with Gasteiger partial charge in [0.15, 0.2) is 0 Å². The van der Waals surface area contributed by atoms with Crippen LogP contribution in [0.4, 0.5) is 0 Å². The summed E-state index contributed by atoms with van der Waals surface area (Å²) in [5.41, 5.74) is 2.04. The first-order valence-electron chi connectivity index (χ1n) is 8.97. The van der Waals surface area contributed by atoms with Crippen molar-refractivity contribution in [1.29, 1.82) is 0 Å². The number of pyridine rings is 1. The van der Waals surface area contributed by atoms with Gasteiger partial charge in [0, 0.05) is 24.2 Å². The lowest BCUT2D eigenvalue weighted by molar-refractivity contribution is 0.261. The van der Waals surface area contributed by atoms with Crippen LogP contribution in [0.1, 0.15) is 25.3 Å². The Bertz CT molecular complexity index is 1030. The molecule has 2 aromatic carbocycles. The van der Waals surface area contributed by atoms with Gasteiger partial charge in [0.25, 0.3) is 0 Å². The SMILES string of the molecule is CC1CCCN1Cc1cccc2cc(S(=O)(=O)c3ccccc3)cnc12. The molecule has 4 nitrogen and oxygen atoms in total. The van der Waals surface area contributed by atoms with Gasteiger partial charge < -0.3 is 0 Å². The topological polar surface area (TPSA) is 50.3 Å². The van der Waals surface area contributed by atoms with Crippen LogP contribution < -0.4 is 0 Å². The number of sulfone groups is 1. The lowest BCUT2D eigenvalue weighted by atomic mass is 10.1. The number of benzene rings is 2. The maximum Gasteiger partial charge on any atom is 0.208 e. The molecular formula is C21H22N2O2S. The quantitative estimate of drug-likeness (QED) is 0.699. The van der Waals surface area contributed by atoms with Gasteiger partial charge in [-0.3, -0.25) is 9.88 Å². The highest BCUT2D eigenvalue weighted by molar-refractivity contribution is 7.91. The summed E-state index contributed by atoms with van der Waals surface area (Å²) < 4.78 is 25.7. The monoisotopic (exact) mass is 366 g/mol. The molecule has 1 aromatic heterocycles. The molecule has 3 aromatic rings. The standard InChI is InChI=1S/C21H22N2O2S/c1-16-7-6-12-23(16)15-18-9-5-8-17-13-20(14-22-21(17)18)26(24,25)19-10-3-2-4-11-19/h2-5,8-11,13-14,16H,6-7,12,15H2,1H3. The first kappa shape index (κ1) is 17.2. The highest BCUT2D eigenvalue weighted by atomic mass is 32.2. The number of fused-ring (bicyclic) bond motifs is 1. The summed E-state index contributed by atoms with van der Waals surface area (Å²) in [4.78, 5) is 7.53. The molecule has 5 heteroatoms. The summed E-state index contributed by atoms with van der Waals surface area (Å²) >= 11 is 0. The van der Waals surface area contributed by atoms with Gasteiger partial charge in [0.1, 0.15) is 0 Å². The van der Waals surface area contributed by atoms with Gasteiger partial charge in [-0.25, -0.2) is 8.42 Å². The average molecular weight is 366 g/mol. The Kier molecular flexibility index (Phi) is 4.51. The van der Waals surface area contributed by atoms with Gasteiger partial charge in [-0.1, -0.05) is 36.4 Å². The summed E-state index contributed by atoms with van der Waals surface area (Å²) in [5.74, 6) is 0. The van der Waals surface area contributed by atoms with Crippen molar-refractivity contribution in [2.75, 3.05) is 6.54 Å². The summed E-state index contributed by atoms with van der Waals surface area (Å²) in [6.45, 7) is 4.23. The van der Waals surface area contributed by atoms with Crippen LogP contribution in [0.25, 0.3) is 10.9 Å². The molecular weight excluding hydrogens is 344 g/mol. The van der Waals surface area contributed by atoms with Gasteiger partial charge in [0.05, 0.1) is 15.3 Å². The number of para-hydroxylation sites is 1. The van der Waals surface area contributed by atoms with Crippen LogP contribution in [0.2, 0.25) is 0 Å². The fourth-order valence-corrected chi connectivity index (χ4v) is 4.92. The van der Waals surface area contributed by atoms with E-state index in [-0.39, 0.29) is 4.90 Å². The zero-order valence-corrected chi connectivity index (χ0v) is 15.6. The fraction of sp³-hybridized carbons (Fsp3) is 0.286. The zero-order chi connectivity index (χ0) is 18.1. The molecule has 4 rings (SSSR count). The number of aromatic nitrogens is 1. The third-order valence-electron chi connectivity index (χ3n) is 5.20. The Morgan fingerprint density at radius 1 is 1.08 bits per heavy atom. The molecule has 134 valence electrons. The maximum absolute atomic E-state index is 12.8. The molecule has 1 fully saturated rings. The number of rotatable bonds is 4. The van der Waals surface area contributed by atoms with Gasteiger partial charge in [-0.2, -0.15) is 0 Å². The molecule has 0 saturated carbocycles. The molecule has 0 bridgehead atoms. The molecule has 1 aliphatic rings. The second kappa shape index (κ2) is 6.82. The number of hydrogen-bond acceptors (Lipinski definition) is 4. The Morgan fingerprint density at radius 3 is 2.62 bits per heavy atom. The van der Waals surface area contributed by atoms with E-state index >= 15 is 0 Å². The van der Waals surface area contributed by atoms with Gasteiger partial charge in [0.2, 0.25) is 9.84 Å². The largest absolute Gasteiger partial charge is 0.296 e. The highest BCUT2D eigenvalue weighted by Gasteiger charge is 2.22. The van der Waals surface area contributed by atoms with Crippen molar-refractivity contribution in [1.82, 2.24) is 9.88 Å². The summed E-state index contributed by atoms with van der Waals surface area (Å²) in [6, 6.07) is 16.8. The first-order chi connectivity index (χ1) is 12.6. The molecule has 26 heavy (non-hydrogen) atoms. The molecule has 0 amide bonds. The minimum atomic E-state index is -3.55. The fourth-order valence-electron chi connectivity index (χ4n) is 3.66. The van der Waals surface area contributed by atoms with Crippen LogP contribution in [-0.2, 0) is 16.4 Å². The minimum absolute atomic E-state index is 0.239. The van der Waals surface area contributed by atoms with Crippen LogP contribution in [0, 0.1) is 0 Å². The molecule has 0 aliphatic carbocycles. The average Bonchev–Trinajstić information content (AvgIpc) is 3.07. The molecule has 0 radical (unpaired) electrons. The van der Waals surface area contributed by atoms with E-state index < -0.39 is 9.84 Å². The maximum atomic E-state index is 12.8. The van der Waals surface area contributed by atoms with Crippen LogP contribution in [-0.4, -0.2) is 30.9 Å². The summed E-state index contributed by atoms with van der Waals surface area (Å²) in [7, 11) is -3.55. The first-order valence-corrected chi connectivity index (χ1v) is 10.5. The molecule has 1 saturated heterocycles.